The fourth-order valence-electron chi connectivity index (χ4n) is 7.94. The highest BCUT2D eigenvalue weighted by molar-refractivity contribution is 6.15. The Bertz CT molecular complexity index is 2820. The number of hydrogen-bond donors (Lipinski definition) is 0. The molecule has 0 unspecified atom stereocenters. The van der Waals surface area contributed by atoms with Crippen molar-refractivity contribution in [1.29, 1.82) is 0 Å². The van der Waals surface area contributed by atoms with E-state index >= 15 is 0 Å². The van der Waals surface area contributed by atoms with Gasteiger partial charge in [-0.25, -0.2) is 0 Å². The zero-order valence-electron chi connectivity index (χ0n) is 29.2. The molecule has 0 bridgehead atoms. The van der Waals surface area contributed by atoms with Crippen molar-refractivity contribution < 1.29 is 0 Å². The van der Waals surface area contributed by atoms with Gasteiger partial charge in [0.2, 0.25) is 0 Å². The van der Waals surface area contributed by atoms with E-state index in [1.54, 1.807) is 0 Å². The summed E-state index contributed by atoms with van der Waals surface area (Å²) in [5.41, 5.74) is 10.6. The second-order valence-corrected chi connectivity index (χ2v) is 13.8. The molecule has 0 aliphatic heterocycles. The summed E-state index contributed by atoms with van der Waals surface area (Å²) in [6, 6.07) is 77.3. The first-order valence-corrected chi connectivity index (χ1v) is 18.3. The summed E-state index contributed by atoms with van der Waals surface area (Å²) >= 11 is 0. The molecular weight excluding hydrogens is 639 g/mol. The SMILES string of the molecule is c1ccc(N(c2ccc(-c3ccc4ccccc4c3)cc2)c2ccc(-c3ccc4ccccc4c3)cc2)c(-c2cc3ccccc3c3ccccc23)c1. The summed E-state index contributed by atoms with van der Waals surface area (Å²) in [6.45, 7) is 0. The van der Waals surface area contributed by atoms with Crippen molar-refractivity contribution in [3.05, 3.63) is 212 Å². The lowest BCUT2D eigenvalue weighted by Crippen LogP contribution is -2.11. The van der Waals surface area contributed by atoms with E-state index in [2.05, 4.69) is 217 Å². The predicted molar refractivity (Wildman–Crippen MR) is 227 cm³/mol. The van der Waals surface area contributed by atoms with Crippen LogP contribution in [0.5, 0.6) is 0 Å². The number of anilines is 3. The molecule has 0 atom stereocenters. The molecule has 248 valence electrons. The van der Waals surface area contributed by atoms with Crippen molar-refractivity contribution in [3.8, 4) is 33.4 Å². The first-order valence-electron chi connectivity index (χ1n) is 18.3. The number of nitrogens with zero attached hydrogens (tertiary/aromatic N) is 1. The average Bonchev–Trinajstić information content (AvgIpc) is 3.24. The van der Waals surface area contributed by atoms with Gasteiger partial charge in [0.15, 0.2) is 0 Å². The highest BCUT2D eigenvalue weighted by atomic mass is 15.1. The van der Waals surface area contributed by atoms with Gasteiger partial charge in [0.25, 0.3) is 0 Å². The summed E-state index contributed by atoms with van der Waals surface area (Å²) in [6.07, 6.45) is 0. The van der Waals surface area contributed by atoms with Crippen LogP contribution in [-0.2, 0) is 0 Å². The van der Waals surface area contributed by atoms with Gasteiger partial charge in [0, 0.05) is 16.9 Å². The Balaban J connectivity index is 1.13. The molecule has 0 spiro atoms. The summed E-state index contributed by atoms with van der Waals surface area (Å²) in [7, 11) is 0. The lowest BCUT2D eigenvalue weighted by Gasteiger charge is -2.28. The van der Waals surface area contributed by atoms with E-state index in [4.69, 9.17) is 0 Å². The van der Waals surface area contributed by atoms with Gasteiger partial charge in [-0.2, -0.15) is 0 Å². The molecular formula is C52H35N. The van der Waals surface area contributed by atoms with E-state index < -0.39 is 0 Å². The predicted octanol–water partition coefficient (Wildman–Crippen LogP) is 14.8. The molecule has 0 radical (unpaired) electrons. The second-order valence-electron chi connectivity index (χ2n) is 13.8. The molecule has 0 saturated carbocycles. The van der Waals surface area contributed by atoms with E-state index in [1.807, 2.05) is 0 Å². The first kappa shape index (κ1) is 30.8. The van der Waals surface area contributed by atoms with Crippen molar-refractivity contribution in [2.45, 2.75) is 0 Å². The Hall–Kier alpha value is -6.96. The van der Waals surface area contributed by atoms with Gasteiger partial charge >= 0.3 is 0 Å². The van der Waals surface area contributed by atoms with Crippen molar-refractivity contribution in [1.82, 2.24) is 0 Å². The van der Waals surface area contributed by atoms with Gasteiger partial charge in [-0.05, 0) is 119 Å². The minimum atomic E-state index is 1.10. The molecule has 0 N–H and O–H groups in total. The van der Waals surface area contributed by atoms with Crippen LogP contribution >= 0.6 is 0 Å². The Labute approximate surface area is 309 Å². The lowest BCUT2D eigenvalue weighted by molar-refractivity contribution is 1.28. The Morgan fingerprint density at radius 2 is 0.679 bits per heavy atom. The normalized spacial score (nSPS) is 11.4. The molecule has 0 fully saturated rings. The molecule has 1 heteroatoms. The lowest BCUT2D eigenvalue weighted by atomic mass is 9.92. The molecule has 10 aromatic carbocycles. The Kier molecular flexibility index (Phi) is 7.55. The molecule has 0 heterocycles. The molecule has 0 aliphatic rings. The Morgan fingerprint density at radius 3 is 1.26 bits per heavy atom. The van der Waals surface area contributed by atoms with E-state index in [0.29, 0.717) is 0 Å². The van der Waals surface area contributed by atoms with Crippen LogP contribution in [0.1, 0.15) is 0 Å². The average molecular weight is 674 g/mol. The van der Waals surface area contributed by atoms with Crippen LogP contribution < -0.4 is 4.90 Å². The fraction of sp³-hybridized carbons (Fsp3) is 0. The zero-order chi connectivity index (χ0) is 35.1. The van der Waals surface area contributed by atoms with Crippen LogP contribution in [0.15, 0.2) is 212 Å². The van der Waals surface area contributed by atoms with Crippen LogP contribution in [0.3, 0.4) is 0 Å². The van der Waals surface area contributed by atoms with E-state index in [-0.39, 0.29) is 0 Å². The van der Waals surface area contributed by atoms with Crippen LogP contribution in [0.2, 0.25) is 0 Å². The highest BCUT2D eigenvalue weighted by Gasteiger charge is 2.19. The molecule has 10 aromatic rings. The molecule has 0 aliphatic carbocycles. The molecule has 0 aromatic heterocycles. The van der Waals surface area contributed by atoms with Gasteiger partial charge in [-0.1, -0.05) is 164 Å². The van der Waals surface area contributed by atoms with Gasteiger partial charge in [0.05, 0.1) is 5.69 Å². The van der Waals surface area contributed by atoms with E-state index in [1.165, 1.54) is 76.5 Å². The molecule has 0 amide bonds. The van der Waals surface area contributed by atoms with Gasteiger partial charge < -0.3 is 4.90 Å². The number of hydrogen-bond acceptors (Lipinski definition) is 1. The summed E-state index contributed by atoms with van der Waals surface area (Å²) in [5, 5.41) is 10.0. The summed E-state index contributed by atoms with van der Waals surface area (Å²) < 4.78 is 0. The third-order valence-electron chi connectivity index (χ3n) is 10.6. The third-order valence-corrected chi connectivity index (χ3v) is 10.6. The second kappa shape index (κ2) is 13.0. The fourth-order valence-corrected chi connectivity index (χ4v) is 7.94. The van der Waals surface area contributed by atoms with Crippen LogP contribution in [0, 0.1) is 0 Å². The molecule has 53 heavy (non-hydrogen) atoms. The standard InChI is InChI=1S/C52H35N/c1-3-13-40-33-42(23-21-36(40)11-1)38-25-29-45(30-26-38)53(46-31-27-39(28-32-46)43-24-22-37-12-2-4-14-41(37)34-43)52-20-10-9-19-50(52)51-35-44-15-5-6-16-47(44)48-17-7-8-18-49(48)51/h1-35H. The monoisotopic (exact) mass is 673 g/mol. The largest absolute Gasteiger partial charge is 0.310 e. The Morgan fingerprint density at radius 1 is 0.245 bits per heavy atom. The zero-order valence-corrected chi connectivity index (χ0v) is 29.2. The summed E-state index contributed by atoms with van der Waals surface area (Å²) in [5.74, 6) is 0. The van der Waals surface area contributed by atoms with Crippen LogP contribution in [-0.4, -0.2) is 0 Å². The number of benzene rings is 10. The van der Waals surface area contributed by atoms with Crippen LogP contribution in [0.4, 0.5) is 17.1 Å². The maximum Gasteiger partial charge on any atom is 0.0540 e. The van der Waals surface area contributed by atoms with Crippen molar-refractivity contribution in [2.75, 3.05) is 4.90 Å². The van der Waals surface area contributed by atoms with Gasteiger partial charge in [-0.3, -0.25) is 0 Å². The minimum absolute atomic E-state index is 1.10. The number of rotatable bonds is 6. The van der Waals surface area contributed by atoms with Gasteiger partial charge in [-0.15, -0.1) is 0 Å². The molecule has 10 rings (SSSR count). The topological polar surface area (TPSA) is 3.24 Å². The van der Waals surface area contributed by atoms with Crippen molar-refractivity contribution in [3.63, 3.8) is 0 Å². The quantitative estimate of drug-likeness (QED) is 0.159. The third kappa shape index (κ3) is 5.60. The first-order chi connectivity index (χ1) is 26.3. The smallest absolute Gasteiger partial charge is 0.0540 e. The minimum Gasteiger partial charge on any atom is -0.310 e. The maximum atomic E-state index is 2.41. The highest BCUT2D eigenvalue weighted by Crippen LogP contribution is 2.45. The summed E-state index contributed by atoms with van der Waals surface area (Å²) in [4.78, 5) is 2.41. The number of para-hydroxylation sites is 1. The van der Waals surface area contributed by atoms with Crippen molar-refractivity contribution >= 4 is 60.2 Å². The van der Waals surface area contributed by atoms with E-state index in [9.17, 15) is 0 Å². The van der Waals surface area contributed by atoms with E-state index in [0.717, 1.165) is 17.1 Å². The molecule has 0 saturated heterocycles. The van der Waals surface area contributed by atoms with Crippen molar-refractivity contribution in [2.24, 2.45) is 0 Å². The van der Waals surface area contributed by atoms with Crippen LogP contribution in [0.25, 0.3) is 76.5 Å². The maximum absolute atomic E-state index is 2.41. The molecule has 1 nitrogen and oxygen atoms in total. The number of fused-ring (bicyclic) bond motifs is 5. The van der Waals surface area contributed by atoms with Gasteiger partial charge in [0.1, 0.15) is 0 Å².